The Bertz CT molecular complexity index is 833. The van der Waals surface area contributed by atoms with Crippen LogP contribution in [0.3, 0.4) is 0 Å². The molecule has 0 aromatic heterocycles. The number of hydrogen-bond donors (Lipinski definition) is 2. The van der Waals surface area contributed by atoms with Gasteiger partial charge in [-0.25, -0.2) is 13.6 Å². The quantitative estimate of drug-likeness (QED) is 0.868. The van der Waals surface area contributed by atoms with Gasteiger partial charge < -0.3 is 5.32 Å². The third kappa shape index (κ3) is 4.57. The molecule has 0 heterocycles. The first-order valence-electron chi connectivity index (χ1n) is 6.84. The van der Waals surface area contributed by atoms with E-state index in [2.05, 4.69) is 5.32 Å². The number of primary sulfonamides is 1. The van der Waals surface area contributed by atoms with Crippen LogP contribution in [0.4, 0.5) is 5.69 Å². The Labute approximate surface area is 140 Å². The van der Waals surface area contributed by atoms with Crippen molar-refractivity contribution < 1.29 is 13.2 Å². The highest BCUT2D eigenvalue weighted by Crippen LogP contribution is 2.20. The van der Waals surface area contributed by atoms with Crippen LogP contribution >= 0.6 is 11.8 Å². The van der Waals surface area contributed by atoms with Gasteiger partial charge in [-0.3, -0.25) is 4.79 Å². The van der Waals surface area contributed by atoms with Gasteiger partial charge in [-0.15, -0.1) is 0 Å². The Morgan fingerprint density at radius 3 is 2.61 bits per heavy atom. The van der Waals surface area contributed by atoms with E-state index < -0.39 is 10.0 Å². The lowest BCUT2D eigenvalue weighted by molar-refractivity contribution is 0.102. The van der Waals surface area contributed by atoms with Crippen molar-refractivity contribution in [2.75, 3.05) is 11.6 Å². The molecule has 7 heteroatoms. The van der Waals surface area contributed by atoms with E-state index >= 15 is 0 Å². The number of carbonyl (C=O) groups is 1. The fraction of sp³-hybridized carbons (Fsp3) is 0.188. The number of anilines is 1. The van der Waals surface area contributed by atoms with Gasteiger partial charge in [0.15, 0.2) is 0 Å². The molecule has 0 spiro atoms. The summed E-state index contributed by atoms with van der Waals surface area (Å²) < 4.78 is 23.1. The molecule has 0 aliphatic carbocycles. The summed E-state index contributed by atoms with van der Waals surface area (Å²) >= 11 is 1.67. The fourth-order valence-electron chi connectivity index (χ4n) is 2.16. The predicted molar refractivity (Wildman–Crippen MR) is 94.2 cm³/mol. The first-order chi connectivity index (χ1) is 10.8. The monoisotopic (exact) mass is 350 g/mol. The molecule has 0 radical (unpaired) electrons. The number of hydrogen-bond acceptors (Lipinski definition) is 4. The summed E-state index contributed by atoms with van der Waals surface area (Å²) in [7, 11) is -3.82. The maximum absolute atomic E-state index is 12.3. The van der Waals surface area contributed by atoms with Crippen LogP contribution in [0.2, 0.25) is 0 Å². The minimum atomic E-state index is -3.82. The maximum atomic E-state index is 12.3. The molecule has 0 atom stereocenters. The molecule has 5 nitrogen and oxygen atoms in total. The summed E-state index contributed by atoms with van der Waals surface area (Å²) in [5, 5.41) is 7.88. The van der Waals surface area contributed by atoms with Crippen molar-refractivity contribution in [3.8, 4) is 0 Å². The van der Waals surface area contributed by atoms with Crippen LogP contribution in [-0.2, 0) is 15.8 Å². The second-order valence-electron chi connectivity index (χ2n) is 5.11. The number of rotatable bonds is 5. The van der Waals surface area contributed by atoms with Gasteiger partial charge in [0.1, 0.15) is 0 Å². The molecule has 2 aromatic rings. The van der Waals surface area contributed by atoms with Crippen molar-refractivity contribution >= 4 is 33.4 Å². The summed E-state index contributed by atoms with van der Waals surface area (Å²) in [5.74, 6) is 0.526. The largest absolute Gasteiger partial charge is 0.322 e. The Balaban J connectivity index is 2.25. The zero-order valence-electron chi connectivity index (χ0n) is 12.9. The summed E-state index contributed by atoms with van der Waals surface area (Å²) in [6, 6.07) is 11.9. The zero-order chi connectivity index (χ0) is 17.0. The molecular weight excluding hydrogens is 332 g/mol. The van der Waals surface area contributed by atoms with E-state index in [9.17, 15) is 13.2 Å². The van der Waals surface area contributed by atoms with Crippen molar-refractivity contribution in [3.05, 3.63) is 59.2 Å². The van der Waals surface area contributed by atoms with Gasteiger partial charge in [-0.05, 0) is 48.6 Å². The van der Waals surface area contributed by atoms with Crippen LogP contribution in [0.5, 0.6) is 0 Å². The number of sulfonamides is 1. The fourth-order valence-corrected chi connectivity index (χ4v) is 3.48. The Morgan fingerprint density at radius 2 is 1.96 bits per heavy atom. The number of carbonyl (C=O) groups excluding carboxylic acids is 1. The Morgan fingerprint density at radius 1 is 1.22 bits per heavy atom. The molecule has 0 aliphatic heterocycles. The van der Waals surface area contributed by atoms with Gasteiger partial charge in [0.2, 0.25) is 10.0 Å². The minimum Gasteiger partial charge on any atom is -0.322 e. The van der Waals surface area contributed by atoms with Gasteiger partial charge >= 0.3 is 0 Å². The van der Waals surface area contributed by atoms with Crippen LogP contribution in [0.25, 0.3) is 0 Å². The van der Waals surface area contributed by atoms with E-state index in [0.29, 0.717) is 16.8 Å². The molecule has 0 saturated carbocycles. The minimum absolute atomic E-state index is 0.00596. The lowest BCUT2D eigenvalue weighted by Gasteiger charge is -2.09. The van der Waals surface area contributed by atoms with E-state index in [-0.39, 0.29) is 10.8 Å². The molecule has 3 N–H and O–H groups in total. The SMILES string of the molecule is CSCc1cccc(C(=O)Nc2ccc(C)c(S(N)(=O)=O)c2)c1. The second kappa shape index (κ2) is 7.16. The highest BCUT2D eigenvalue weighted by Gasteiger charge is 2.14. The van der Waals surface area contributed by atoms with E-state index in [4.69, 9.17) is 5.14 Å². The summed E-state index contributed by atoms with van der Waals surface area (Å²) in [6.07, 6.45) is 1.99. The average Bonchev–Trinajstić information content (AvgIpc) is 2.48. The molecule has 1 amide bonds. The van der Waals surface area contributed by atoms with Gasteiger partial charge in [-0.1, -0.05) is 18.2 Å². The van der Waals surface area contributed by atoms with Gasteiger partial charge in [-0.2, -0.15) is 11.8 Å². The number of nitrogens with two attached hydrogens (primary N) is 1. The molecule has 23 heavy (non-hydrogen) atoms. The van der Waals surface area contributed by atoms with Gasteiger partial charge in [0.05, 0.1) is 4.90 Å². The molecule has 0 bridgehead atoms. The molecule has 0 saturated heterocycles. The first kappa shape index (κ1) is 17.5. The van der Waals surface area contributed by atoms with Crippen LogP contribution in [0.15, 0.2) is 47.4 Å². The highest BCUT2D eigenvalue weighted by atomic mass is 32.2. The predicted octanol–water partition coefficient (Wildman–Crippen LogP) is 2.76. The molecule has 2 rings (SSSR count). The molecule has 122 valence electrons. The van der Waals surface area contributed by atoms with E-state index in [1.165, 1.54) is 6.07 Å². The smallest absolute Gasteiger partial charge is 0.255 e. The van der Waals surface area contributed by atoms with Crippen molar-refractivity contribution in [3.63, 3.8) is 0 Å². The summed E-state index contributed by atoms with van der Waals surface area (Å²) in [4.78, 5) is 12.3. The molecule has 2 aromatic carbocycles. The molecular formula is C16H18N2O3S2. The molecule has 0 fully saturated rings. The Kier molecular flexibility index (Phi) is 5.46. The van der Waals surface area contributed by atoms with Crippen LogP contribution in [-0.4, -0.2) is 20.6 Å². The highest BCUT2D eigenvalue weighted by molar-refractivity contribution is 7.97. The van der Waals surface area contributed by atoms with Gasteiger partial charge in [0.25, 0.3) is 5.91 Å². The van der Waals surface area contributed by atoms with E-state index in [1.54, 1.807) is 36.9 Å². The van der Waals surface area contributed by atoms with Crippen molar-refractivity contribution in [2.24, 2.45) is 5.14 Å². The zero-order valence-corrected chi connectivity index (χ0v) is 14.5. The number of thioether (sulfide) groups is 1. The molecule has 0 unspecified atom stereocenters. The van der Waals surface area contributed by atoms with Crippen LogP contribution < -0.4 is 10.5 Å². The maximum Gasteiger partial charge on any atom is 0.255 e. The third-order valence-electron chi connectivity index (χ3n) is 3.25. The van der Waals surface area contributed by atoms with E-state index in [1.807, 2.05) is 24.5 Å². The lowest BCUT2D eigenvalue weighted by atomic mass is 10.1. The van der Waals surface area contributed by atoms with Crippen LogP contribution in [0.1, 0.15) is 21.5 Å². The number of benzene rings is 2. The molecule has 0 aliphatic rings. The normalized spacial score (nSPS) is 11.3. The number of amides is 1. The van der Waals surface area contributed by atoms with Crippen molar-refractivity contribution in [1.29, 1.82) is 0 Å². The first-order valence-corrected chi connectivity index (χ1v) is 9.78. The average molecular weight is 350 g/mol. The second-order valence-corrected chi connectivity index (χ2v) is 7.51. The number of nitrogens with one attached hydrogen (secondary N) is 1. The third-order valence-corrected chi connectivity index (χ3v) is 4.93. The summed E-state index contributed by atoms with van der Waals surface area (Å²) in [5.41, 5.74) is 2.50. The topological polar surface area (TPSA) is 89.3 Å². The van der Waals surface area contributed by atoms with Crippen molar-refractivity contribution in [2.45, 2.75) is 17.6 Å². The lowest BCUT2D eigenvalue weighted by Crippen LogP contribution is -2.16. The standard InChI is InChI=1S/C16H18N2O3S2/c1-11-6-7-14(9-15(11)23(17,20)21)18-16(19)13-5-3-4-12(8-13)10-22-2/h3-9H,10H2,1-2H3,(H,18,19)(H2,17,20,21). The van der Waals surface area contributed by atoms with Crippen molar-refractivity contribution in [1.82, 2.24) is 0 Å². The van der Waals surface area contributed by atoms with E-state index in [0.717, 1.165) is 11.3 Å². The number of aryl methyl sites for hydroxylation is 1. The van der Waals surface area contributed by atoms with Gasteiger partial charge in [0, 0.05) is 17.0 Å². The summed E-state index contributed by atoms with van der Waals surface area (Å²) in [6.45, 7) is 1.65. The van der Waals surface area contributed by atoms with Crippen LogP contribution in [0, 0.1) is 6.92 Å². The Hall–Kier alpha value is -1.83.